The highest BCUT2D eigenvalue weighted by atomic mass is 32.2. The first-order chi connectivity index (χ1) is 12.7. The third-order valence-electron chi connectivity index (χ3n) is 4.61. The second-order valence-corrected chi connectivity index (χ2v) is 8.62. The van der Waals surface area contributed by atoms with Crippen LogP contribution in [0.1, 0.15) is 84.0 Å². The Labute approximate surface area is 162 Å². The maximum atomic E-state index is 11.4. The molecule has 160 valence electrons. The highest BCUT2D eigenvalue weighted by molar-refractivity contribution is 7.88. The largest absolute Gasteiger partial charge is 0.481 e. The van der Waals surface area contributed by atoms with Gasteiger partial charge in [0.1, 0.15) is 0 Å². The van der Waals surface area contributed by atoms with Gasteiger partial charge in [0.2, 0.25) is 4.75 Å². The molecule has 0 aromatic carbocycles. The van der Waals surface area contributed by atoms with Crippen molar-refractivity contribution in [2.45, 2.75) is 88.7 Å². The molecule has 0 rings (SSSR count). The van der Waals surface area contributed by atoms with E-state index in [9.17, 15) is 22.6 Å². The average molecular weight is 411 g/mol. The van der Waals surface area contributed by atoms with E-state index in [-0.39, 0.29) is 6.61 Å². The topological polar surface area (TPSA) is 138 Å². The van der Waals surface area contributed by atoms with E-state index < -0.39 is 39.6 Å². The van der Waals surface area contributed by atoms with Crippen molar-refractivity contribution in [3.8, 4) is 0 Å². The predicted molar refractivity (Wildman–Crippen MR) is 101 cm³/mol. The number of aliphatic carboxylic acids is 2. The molecule has 27 heavy (non-hydrogen) atoms. The second-order valence-electron chi connectivity index (χ2n) is 6.89. The minimum Gasteiger partial charge on any atom is -0.481 e. The zero-order valence-corrected chi connectivity index (χ0v) is 17.0. The summed E-state index contributed by atoms with van der Waals surface area (Å²) in [6.07, 6.45) is 9.73. The van der Waals surface area contributed by atoms with Gasteiger partial charge in [-0.3, -0.25) is 14.1 Å². The van der Waals surface area contributed by atoms with Crippen LogP contribution in [-0.4, -0.2) is 53.1 Å². The van der Waals surface area contributed by atoms with Crippen LogP contribution in [-0.2, 0) is 24.4 Å². The third kappa shape index (κ3) is 10.7. The Bertz CT molecular complexity index is 531. The lowest BCUT2D eigenvalue weighted by molar-refractivity contribution is -0.147. The molecular formula is C18H34O8S. The molecule has 0 heterocycles. The first-order valence-corrected chi connectivity index (χ1v) is 11.1. The van der Waals surface area contributed by atoms with Gasteiger partial charge < -0.3 is 14.9 Å². The Balaban J connectivity index is 4.00. The van der Waals surface area contributed by atoms with Crippen LogP contribution >= 0.6 is 0 Å². The minimum absolute atomic E-state index is 0.253. The molecular weight excluding hydrogens is 376 g/mol. The van der Waals surface area contributed by atoms with E-state index in [1.807, 2.05) is 0 Å². The SMILES string of the molecule is CCCCCCCCCCCCOCCC(CC(=O)O)(C(=O)O)S(=O)(=O)O. The summed E-state index contributed by atoms with van der Waals surface area (Å²) < 4.78 is 34.6. The summed E-state index contributed by atoms with van der Waals surface area (Å²) in [5.74, 6) is -3.51. The van der Waals surface area contributed by atoms with Gasteiger partial charge in [-0.25, -0.2) is 0 Å². The Morgan fingerprint density at radius 3 is 1.74 bits per heavy atom. The molecule has 8 nitrogen and oxygen atoms in total. The molecule has 0 aromatic rings. The predicted octanol–water partition coefficient (Wildman–Crippen LogP) is 3.50. The van der Waals surface area contributed by atoms with E-state index in [4.69, 9.17) is 14.9 Å². The molecule has 1 atom stereocenters. The molecule has 0 fully saturated rings. The third-order valence-corrected chi connectivity index (χ3v) is 6.12. The maximum absolute atomic E-state index is 11.4. The van der Waals surface area contributed by atoms with E-state index in [0.717, 1.165) is 25.7 Å². The fourth-order valence-corrected chi connectivity index (χ4v) is 3.74. The van der Waals surface area contributed by atoms with Gasteiger partial charge >= 0.3 is 11.9 Å². The van der Waals surface area contributed by atoms with Crippen LogP contribution in [0.15, 0.2) is 0 Å². The number of carbonyl (C=O) groups is 2. The number of hydrogen-bond donors (Lipinski definition) is 3. The molecule has 0 aliphatic carbocycles. The van der Waals surface area contributed by atoms with Crippen LogP contribution in [0.5, 0.6) is 0 Å². The maximum Gasteiger partial charge on any atom is 0.328 e. The van der Waals surface area contributed by atoms with Gasteiger partial charge in [0.15, 0.2) is 0 Å². The molecule has 0 saturated heterocycles. The van der Waals surface area contributed by atoms with Gasteiger partial charge in [-0.05, 0) is 6.42 Å². The smallest absolute Gasteiger partial charge is 0.328 e. The summed E-state index contributed by atoms with van der Waals surface area (Å²) in [7, 11) is -5.10. The molecule has 0 radical (unpaired) electrons. The molecule has 9 heteroatoms. The number of carboxylic acids is 2. The average Bonchev–Trinajstić information content (AvgIpc) is 2.56. The van der Waals surface area contributed by atoms with Crippen LogP contribution < -0.4 is 0 Å². The normalized spacial score (nSPS) is 14.0. The van der Waals surface area contributed by atoms with Crippen molar-refractivity contribution in [3.63, 3.8) is 0 Å². The first kappa shape index (κ1) is 25.8. The Hall–Kier alpha value is -1.19. The molecule has 3 N–H and O–H groups in total. The highest BCUT2D eigenvalue weighted by Crippen LogP contribution is 2.26. The fourth-order valence-electron chi connectivity index (χ4n) is 2.88. The standard InChI is InChI=1S/C18H34O8S/c1-2-3-4-5-6-7-8-9-10-11-13-26-14-12-18(17(21)22,15-16(19)20)27(23,24)25/h2-15H2,1H3,(H,19,20)(H,21,22)(H,23,24,25). The lowest BCUT2D eigenvalue weighted by atomic mass is 10.0. The molecule has 0 aromatic heterocycles. The van der Waals surface area contributed by atoms with E-state index >= 15 is 0 Å². The lowest BCUT2D eigenvalue weighted by Crippen LogP contribution is -2.48. The Kier molecular flexibility index (Phi) is 13.3. The van der Waals surface area contributed by atoms with Gasteiger partial charge in [-0.1, -0.05) is 64.7 Å². The molecule has 0 spiro atoms. The van der Waals surface area contributed by atoms with Gasteiger partial charge in [0.25, 0.3) is 10.1 Å². The molecule has 0 aliphatic heterocycles. The van der Waals surface area contributed by atoms with Crippen molar-refractivity contribution in [1.82, 2.24) is 0 Å². The number of rotatable bonds is 18. The summed E-state index contributed by atoms with van der Waals surface area (Å²) in [4.78, 5) is 22.1. The van der Waals surface area contributed by atoms with Crippen LogP contribution in [0.3, 0.4) is 0 Å². The van der Waals surface area contributed by atoms with Crippen LogP contribution in [0.4, 0.5) is 0 Å². The molecule has 0 bridgehead atoms. The quantitative estimate of drug-likeness (QED) is 0.230. The fraction of sp³-hybridized carbons (Fsp3) is 0.889. The van der Waals surface area contributed by atoms with Crippen LogP contribution in [0.25, 0.3) is 0 Å². The Morgan fingerprint density at radius 2 is 1.33 bits per heavy atom. The summed E-state index contributed by atoms with van der Waals surface area (Å²) in [6.45, 7) is 2.28. The monoisotopic (exact) mass is 410 g/mol. The van der Waals surface area contributed by atoms with Gasteiger partial charge in [-0.2, -0.15) is 8.42 Å². The molecule has 0 aliphatic rings. The summed E-state index contributed by atoms with van der Waals surface area (Å²) in [6, 6.07) is 0. The van der Waals surface area contributed by atoms with Gasteiger partial charge in [-0.15, -0.1) is 0 Å². The van der Waals surface area contributed by atoms with E-state index in [2.05, 4.69) is 6.92 Å². The second kappa shape index (κ2) is 13.9. The number of ether oxygens (including phenoxy) is 1. The minimum atomic E-state index is -5.10. The Morgan fingerprint density at radius 1 is 0.852 bits per heavy atom. The summed E-state index contributed by atoms with van der Waals surface area (Å²) >= 11 is 0. The first-order valence-electron chi connectivity index (χ1n) is 9.67. The molecule has 0 saturated carbocycles. The van der Waals surface area contributed by atoms with E-state index in [1.165, 1.54) is 38.5 Å². The van der Waals surface area contributed by atoms with Crippen molar-refractivity contribution < 1.29 is 37.5 Å². The molecule has 0 amide bonds. The zero-order chi connectivity index (χ0) is 20.8. The lowest BCUT2D eigenvalue weighted by Gasteiger charge is -2.24. The van der Waals surface area contributed by atoms with Crippen molar-refractivity contribution >= 4 is 22.1 Å². The molecule has 1 unspecified atom stereocenters. The van der Waals surface area contributed by atoms with Crippen LogP contribution in [0.2, 0.25) is 0 Å². The van der Waals surface area contributed by atoms with Crippen molar-refractivity contribution in [3.05, 3.63) is 0 Å². The van der Waals surface area contributed by atoms with Gasteiger partial charge in [0.05, 0.1) is 6.42 Å². The highest BCUT2D eigenvalue weighted by Gasteiger charge is 2.52. The number of unbranched alkanes of at least 4 members (excludes halogenated alkanes) is 9. The van der Waals surface area contributed by atoms with Crippen molar-refractivity contribution in [2.24, 2.45) is 0 Å². The summed E-state index contributed by atoms with van der Waals surface area (Å²) in [5.41, 5.74) is 0. The van der Waals surface area contributed by atoms with Crippen LogP contribution in [0, 0.1) is 0 Å². The van der Waals surface area contributed by atoms with Gasteiger partial charge in [0, 0.05) is 19.6 Å². The number of hydrogen-bond acceptors (Lipinski definition) is 5. The van der Waals surface area contributed by atoms with E-state index in [0.29, 0.717) is 6.61 Å². The zero-order valence-electron chi connectivity index (χ0n) is 16.2. The summed E-state index contributed by atoms with van der Waals surface area (Å²) in [5, 5.41) is 17.9. The number of carboxylic acid groups (broad SMARTS) is 2. The van der Waals surface area contributed by atoms with Crippen molar-refractivity contribution in [1.29, 1.82) is 0 Å². The van der Waals surface area contributed by atoms with Crippen molar-refractivity contribution in [2.75, 3.05) is 13.2 Å². The van der Waals surface area contributed by atoms with E-state index in [1.54, 1.807) is 0 Å².